The van der Waals surface area contributed by atoms with Crippen LogP contribution in [0.3, 0.4) is 0 Å². The number of nitrogens with two attached hydrogens (primary N) is 1. The summed E-state index contributed by atoms with van der Waals surface area (Å²) < 4.78 is 18.2. The van der Waals surface area contributed by atoms with Gasteiger partial charge in [0.05, 0.1) is 35.9 Å². The number of cyclic esters (lactones) is 1. The molecule has 2 aliphatic rings. The molecule has 0 aromatic rings. The van der Waals surface area contributed by atoms with E-state index in [9.17, 15) is 24.9 Å². The molecule has 216 valence electrons. The summed E-state index contributed by atoms with van der Waals surface area (Å²) in [5.41, 5.74) is 4.66. The molecule has 37 heavy (non-hydrogen) atoms. The van der Waals surface area contributed by atoms with Crippen molar-refractivity contribution in [2.75, 3.05) is 0 Å². The van der Waals surface area contributed by atoms with Crippen molar-refractivity contribution in [2.45, 2.75) is 130 Å². The summed E-state index contributed by atoms with van der Waals surface area (Å²) in [6, 6.07) is -0.154. The number of hydrogen-bond acceptors (Lipinski definition) is 9. The minimum atomic E-state index is -1.66. The summed E-state index contributed by atoms with van der Waals surface area (Å²) in [6.07, 6.45) is -3.80. The van der Waals surface area contributed by atoms with Gasteiger partial charge in [-0.1, -0.05) is 41.5 Å². The van der Waals surface area contributed by atoms with E-state index >= 15 is 0 Å². The van der Waals surface area contributed by atoms with Crippen molar-refractivity contribution in [3.63, 3.8) is 0 Å². The van der Waals surface area contributed by atoms with E-state index in [0.29, 0.717) is 12.8 Å². The van der Waals surface area contributed by atoms with Gasteiger partial charge in [0.15, 0.2) is 6.29 Å². The number of carbonyl (C=O) groups excluding carboxylic acids is 2. The van der Waals surface area contributed by atoms with Crippen LogP contribution in [0.4, 0.5) is 0 Å². The van der Waals surface area contributed by atoms with Crippen LogP contribution in [0.2, 0.25) is 0 Å². The molecule has 2 saturated heterocycles. The Bertz CT molecular complexity index is 763. The zero-order valence-electron chi connectivity index (χ0n) is 24.1. The predicted molar refractivity (Wildman–Crippen MR) is 139 cm³/mol. The third-order valence-electron chi connectivity index (χ3n) is 9.03. The van der Waals surface area contributed by atoms with Crippen molar-refractivity contribution < 1.29 is 39.1 Å². The summed E-state index contributed by atoms with van der Waals surface area (Å²) in [5.74, 6) is -3.97. The van der Waals surface area contributed by atoms with Crippen molar-refractivity contribution in [1.82, 2.24) is 0 Å². The fraction of sp³-hybridized carbons (Fsp3) is 0.929. The first kappa shape index (κ1) is 32.1. The minimum Gasteiger partial charge on any atom is -0.462 e. The number of ketones is 1. The van der Waals surface area contributed by atoms with Crippen LogP contribution in [-0.4, -0.2) is 75.5 Å². The highest BCUT2D eigenvalue weighted by molar-refractivity contribution is 5.83. The highest BCUT2D eigenvalue weighted by atomic mass is 16.7. The van der Waals surface area contributed by atoms with Crippen molar-refractivity contribution in [2.24, 2.45) is 41.2 Å². The normalized spacial score (nSPS) is 49.3. The number of ether oxygens (including phenoxy) is 3. The van der Waals surface area contributed by atoms with Crippen molar-refractivity contribution >= 4 is 11.8 Å². The highest BCUT2D eigenvalue weighted by Gasteiger charge is 2.46. The van der Waals surface area contributed by atoms with Crippen LogP contribution in [0.15, 0.2) is 0 Å². The summed E-state index contributed by atoms with van der Waals surface area (Å²) in [5, 5.41) is 33.6. The van der Waals surface area contributed by atoms with Crippen LogP contribution in [0.5, 0.6) is 0 Å². The molecule has 0 spiro atoms. The lowest BCUT2D eigenvalue weighted by molar-refractivity contribution is -0.252. The van der Waals surface area contributed by atoms with Crippen LogP contribution in [0, 0.1) is 35.5 Å². The molecule has 4 unspecified atom stereocenters. The van der Waals surface area contributed by atoms with Gasteiger partial charge in [-0.15, -0.1) is 0 Å². The second-order valence-electron chi connectivity index (χ2n) is 12.1. The maximum absolute atomic E-state index is 13.4. The molecule has 0 aromatic carbocycles. The average Bonchev–Trinajstić information content (AvgIpc) is 2.84. The second kappa shape index (κ2) is 12.8. The van der Waals surface area contributed by atoms with E-state index in [-0.39, 0.29) is 30.3 Å². The second-order valence-corrected chi connectivity index (χ2v) is 12.1. The zero-order valence-corrected chi connectivity index (χ0v) is 24.1. The van der Waals surface area contributed by atoms with E-state index in [0.717, 1.165) is 0 Å². The molecule has 2 aliphatic heterocycles. The van der Waals surface area contributed by atoms with Gasteiger partial charge in [0.1, 0.15) is 11.9 Å². The van der Waals surface area contributed by atoms with Crippen LogP contribution >= 0.6 is 0 Å². The molecule has 9 heteroatoms. The fourth-order valence-corrected chi connectivity index (χ4v) is 6.00. The molecular formula is C28H51NO8. The van der Waals surface area contributed by atoms with Crippen LogP contribution in [-0.2, 0) is 23.8 Å². The molecule has 0 saturated carbocycles. The molecular weight excluding hydrogens is 478 g/mol. The molecule has 2 heterocycles. The SMILES string of the molecule is CC[C@H]1OC(=O)[C@H](C)[C@@H](OC2CC(N)C(C)C(C)O2)[C@H](C)[C@@H](O)[C@](C)(O)C[C@@H](C)C(=O)[C@H](C)[C@@H](O)[C@H]1C. The lowest BCUT2D eigenvalue weighted by Crippen LogP contribution is -2.54. The van der Waals surface area contributed by atoms with E-state index in [1.54, 1.807) is 34.6 Å². The largest absolute Gasteiger partial charge is 0.462 e. The number of carbonyl (C=O) groups is 2. The third-order valence-corrected chi connectivity index (χ3v) is 9.03. The predicted octanol–water partition coefficient (Wildman–Crippen LogP) is 2.42. The molecule has 14 atom stereocenters. The molecule has 0 bridgehead atoms. The first-order valence-electron chi connectivity index (χ1n) is 13.9. The quantitative estimate of drug-likeness (QED) is 0.404. The maximum Gasteiger partial charge on any atom is 0.311 e. The average molecular weight is 530 g/mol. The molecule has 0 aliphatic carbocycles. The number of rotatable bonds is 3. The number of Topliss-reactive ketones (excluding diaryl/α,β-unsaturated/α-hetero) is 1. The molecule has 2 rings (SSSR count). The summed E-state index contributed by atoms with van der Waals surface area (Å²) in [7, 11) is 0. The Morgan fingerprint density at radius 3 is 2.14 bits per heavy atom. The van der Waals surface area contributed by atoms with E-state index in [1.165, 1.54) is 6.92 Å². The number of aliphatic hydroxyl groups is 3. The maximum atomic E-state index is 13.4. The third kappa shape index (κ3) is 7.31. The molecule has 2 fully saturated rings. The van der Waals surface area contributed by atoms with Gasteiger partial charge in [0.25, 0.3) is 0 Å². The Morgan fingerprint density at radius 1 is 1.00 bits per heavy atom. The van der Waals surface area contributed by atoms with Gasteiger partial charge in [-0.25, -0.2) is 0 Å². The van der Waals surface area contributed by atoms with Crippen molar-refractivity contribution in [3.05, 3.63) is 0 Å². The van der Waals surface area contributed by atoms with E-state index in [2.05, 4.69) is 0 Å². The minimum absolute atomic E-state index is 0.00904. The molecule has 0 amide bonds. The zero-order chi connectivity index (χ0) is 28.4. The van der Waals surface area contributed by atoms with Gasteiger partial charge >= 0.3 is 5.97 Å². The fourth-order valence-electron chi connectivity index (χ4n) is 6.00. The molecule has 5 N–H and O–H groups in total. The monoisotopic (exact) mass is 529 g/mol. The summed E-state index contributed by atoms with van der Waals surface area (Å²) in [4.78, 5) is 26.5. The molecule has 9 nitrogen and oxygen atoms in total. The van der Waals surface area contributed by atoms with E-state index < -0.39 is 71.9 Å². The topological polar surface area (TPSA) is 149 Å². The van der Waals surface area contributed by atoms with Gasteiger partial charge in [-0.2, -0.15) is 0 Å². The lowest BCUT2D eigenvalue weighted by atomic mass is 9.75. The van der Waals surface area contributed by atoms with Crippen LogP contribution in [0.25, 0.3) is 0 Å². The van der Waals surface area contributed by atoms with Gasteiger partial charge in [0.2, 0.25) is 0 Å². The molecule has 0 radical (unpaired) electrons. The van der Waals surface area contributed by atoms with E-state index in [1.807, 2.05) is 20.8 Å². The Hall–Kier alpha value is -1.10. The Kier molecular flexibility index (Phi) is 11.1. The van der Waals surface area contributed by atoms with Crippen molar-refractivity contribution in [1.29, 1.82) is 0 Å². The van der Waals surface area contributed by atoms with Crippen LogP contribution in [0.1, 0.15) is 81.6 Å². The van der Waals surface area contributed by atoms with Gasteiger partial charge in [-0.3, -0.25) is 9.59 Å². The van der Waals surface area contributed by atoms with Gasteiger partial charge in [-0.05, 0) is 39.5 Å². The number of hydrogen-bond donors (Lipinski definition) is 4. The number of aliphatic hydroxyl groups excluding tert-OH is 2. The summed E-state index contributed by atoms with van der Waals surface area (Å²) in [6.45, 7) is 15.8. The van der Waals surface area contributed by atoms with E-state index in [4.69, 9.17) is 19.9 Å². The Morgan fingerprint density at radius 2 is 1.59 bits per heavy atom. The Labute approximate surface area is 222 Å². The van der Waals surface area contributed by atoms with Gasteiger partial charge in [0, 0.05) is 36.1 Å². The van der Waals surface area contributed by atoms with Crippen LogP contribution < -0.4 is 5.73 Å². The van der Waals surface area contributed by atoms with Gasteiger partial charge < -0.3 is 35.3 Å². The molecule has 0 aromatic heterocycles. The first-order chi connectivity index (χ1) is 17.0. The lowest BCUT2D eigenvalue weighted by Gasteiger charge is -2.43. The number of esters is 1. The first-order valence-corrected chi connectivity index (χ1v) is 13.9. The Balaban J connectivity index is 2.46. The standard InChI is InChI=1S/C28H51NO8/c1-10-21-15(4)24(31)16(5)23(30)13(2)12-28(9,34)26(32)17(6)25(18(7)27(33)36-21)37-22-11-20(29)14(3)19(8)35-22/h13-22,24-26,31-32,34H,10-12,29H2,1-9H3/t13-,14?,15+,16+,17+,18-,19?,20?,21-,22?,24+,25+,26-,28-/m1/s1. The summed E-state index contributed by atoms with van der Waals surface area (Å²) >= 11 is 0. The van der Waals surface area contributed by atoms with Crippen molar-refractivity contribution in [3.8, 4) is 0 Å². The smallest absolute Gasteiger partial charge is 0.311 e. The highest BCUT2D eigenvalue weighted by Crippen LogP contribution is 2.36.